The second kappa shape index (κ2) is 8.45. The Morgan fingerprint density at radius 1 is 0.964 bits per heavy atom. The van der Waals surface area contributed by atoms with Crippen molar-refractivity contribution in [3.8, 4) is 0 Å². The number of hydrogen-bond acceptors (Lipinski definition) is 9. The summed E-state index contributed by atoms with van der Waals surface area (Å²) in [5, 5.41) is 3.03. The smallest absolute Gasteiger partial charge is 0.337 e. The van der Waals surface area contributed by atoms with E-state index in [0.717, 1.165) is 0 Å². The summed E-state index contributed by atoms with van der Waals surface area (Å²) in [6, 6.07) is 9.74. The van der Waals surface area contributed by atoms with Gasteiger partial charge in [-0.2, -0.15) is 0 Å². The summed E-state index contributed by atoms with van der Waals surface area (Å²) in [6.45, 7) is 0. The summed E-state index contributed by atoms with van der Waals surface area (Å²) >= 11 is 0. The van der Waals surface area contributed by atoms with E-state index in [9.17, 15) is 9.59 Å². The predicted molar refractivity (Wildman–Crippen MR) is 103 cm³/mol. The monoisotopic (exact) mass is 379 g/mol. The second-order valence-electron chi connectivity index (χ2n) is 5.49. The third kappa shape index (κ3) is 4.30. The van der Waals surface area contributed by atoms with Crippen LogP contribution in [0.15, 0.2) is 55.1 Å². The zero-order valence-corrected chi connectivity index (χ0v) is 14.8. The van der Waals surface area contributed by atoms with E-state index >= 15 is 0 Å². The number of nitrogens with zero attached hydrogens (tertiary/aromatic N) is 3. The molecule has 0 saturated heterocycles. The molecule has 1 aromatic carbocycles. The summed E-state index contributed by atoms with van der Waals surface area (Å²) < 4.78 is 4.66. The van der Waals surface area contributed by atoms with Crippen LogP contribution in [-0.2, 0) is 4.74 Å². The summed E-state index contributed by atoms with van der Waals surface area (Å²) in [5.41, 5.74) is 13.0. The first-order chi connectivity index (χ1) is 13.6. The van der Waals surface area contributed by atoms with E-state index in [4.69, 9.17) is 5.73 Å². The first kappa shape index (κ1) is 18.6. The Kier molecular flexibility index (Phi) is 5.60. The van der Waals surface area contributed by atoms with Crippen molar-refractivity contribution in [2.24, 2.45) is 0 Å². The molecular weight excluding hydrogens is 362 g/mol. The molecule has 0 radical (unpaired) electrons. The molecule has 10 heteroatoms. The van der Waals surface area contributed by atoms with E-state index < -0.39 is 5.97 Å². The number of methoxy groups -OCH3 is 1. The van der Waals surface area contributed by atoms with Gasteiger partial charge in [-0.3, -0.25) is 20.6 Å². The highest BCUT2D eigenvalue weighted by molar-refractivity contribution is 5.95. The Morgan fingerprint density at radius 3 is 2.32 bits per heavy atom. The number of hydrogen-bond donors (Lipinski definition) is 4. The van der Waals surface area contributed by atoms with Crippen LogP contribution in [0, 0.1) is 0 Å². The van der Waals surface area contributed by atoms with Gasteiger partial charge in [-0.25, -0.2) is 14.8 Å². The molecule has 0 spiro atoms. The molecule has 28 heavy (non-hydrogen) atoms. The Hall–Kier alpha value is -4.21. The SMILES string of the molecule is COC(=O)c1ccc(Nc2ncnc(NNC(=O)c3ccncc3)c2N)cc1. The average molecular weight is 379 g/mol. The van der Waals surface area contributed by atoms with Gasteiger partial charge >= 0.3 is 5.97 Å². The minimum Gasteiger partial charge on any atom is -0.465 e. The van der Waals surface area contributed by atoms with Crippen LogP contribution in [0.3, 0.4) is 0 Å². The zero-order chi connectivity index (χ0) is 19.9. The fourth-order valence-electron chi connectivity index (χ4n) is 2.23. The summed E-state index contributed by atoms with van der Waals surface area (Å²) in [5.74, 6) is -0.231. The third-order valence-corrected chi connectivity index (χ3v) is 3.69. The lowest BCUT2D eigenvalue weighted by Gasteiger charge is -2.13. The number of nitrogen functional groups attached to an aromatic ring is 1. The summed E-state index contributed by atoms with van der Waals surface area (Å²) in [7, 11) is 1.32. The van der Waals surface area contributed by atoms with Crippen molar-refractivity contribution >= 4 is 34.9 Å². The van der Waals surface area contributed by atoms with Crippen LogP contribution in [0.2, 0.25) is 0 Å². The van der Waals surface area contributed by atoms with Crippen molar-refractivity contribution in [3.63, 3.8) is 0 Å². The highest BCUT2D eigenvalue weighted by Gasteiger charge is 2.11. The molecule has 3 aromatic rings. The molecule has 0 fully saturated rings. The molecule has 10 nitrogen and oxygen atoms in total. The van der Waals surface area contributed by atoms with Crippen LogP contribution < -0.4 is 21.9 Å². The van der Waals surface area contributed by atoms with Gasteiger partial charge in [0.25, 0.3) is 5.91 Å². The van der Waals surface area contributed by atoms with Gasteiger partial charge in [0.15, 0.2) is 11.6 Å². The highest BCUT2D eigenvalue weighted by atomic mass is 16.5. The average Bonchev–Trinajstić information content (AvgIpc) is 2.74. The molecule has 5 N–H and O–H groups in total. The largest absolute Gasteiger partial charge is 0.465 e. The summed E-state index contributed by atoms with van der Waals surface area (Å²) in [4.78, 5) is 35.5. The maximum absolute atomic E-state index is 12.1. The number of carbonyl (C=O) groups excluding carboxylic acids is 2. The van der Waals surface area contributed by atoms with E-state index in [1.165, 1.54) is 25.8 Å². The number of hydrazine groups is 1. The third-order valence-electron chi connectivity index (χ3n) is 3.69. The number of anilines is 4. The number of nitrogens with two attached hydrogens (primary N) is 1. The molecule has 1 amide bonds. The standard InChI is InChI=1S/C18H17N7O3/c1-28-18(27)12-2-4-13(5-3-12)23-15-14(19)16(22-10-21-15)24-25-17(26)11-6-8-20-9-7-11/h2-10H,19H2,1H3,(H,25,26)(H2,21,22,23,24). The van der Waals surface area contributed by atoms with Crippen molar-refractivity contribution in [1.29, 1.82) is 0 Å². The quantitative estimate of drug-likeness (QED) is 0.372. The van der Waals surface area contributed by atoms with Crippen molar-refractivity contribution < 1.29 is 14.3 Å². The maximum Gasteiger partial charge on any atom is 0.337 e. The number of rotatable bonds is 6. The van der Waals surface area contributed by atoms with E-state index in [-0.39, 0.29) is 17.4 Å². The van der Waals surface area contributed by atoms with Crippen LogP contribution >= 0.6 is 0 Å². The molecule has 2 heterocycles. The van der Waals surface area contributed by atoms with E-state index in [2.05, 4.69) is 35.9 Å². The van der Waals surface area contributed by atoms with Gasteiger partial charge in [0.2, 0.25) is 0 Å². The molecule has 3 rings (SSSR count). The first-order valence-corrected chi connectivity index (χ1v) is 8.10. The lowest BCUT2D eigenvalue weighted by molar-refractivity contribution is 0.0600. The number of benzene rings is 1. The van der Waals surface area contributed by atoms with Crippen LogP contribution in [-0.4, -0.2) is 33.9 Å². The van der Waals surface area contributed by atoms with Gasteiger partial charge in [0, 0.05) is 23.6 Å². The van der Waals surface area contributed by atoms with Crippen molar-refractivity contribution in [2.45, 2.75) is 0 Å². The van der Waals surface area contributed by atoms with Crippen molar-refractivity contribution in [1.82, 2.24) is 20.4 Å². The van der Waals surface area contributed by atoms with Crippen molar-refractivity contribution in [2.75, 3.05) is 23.6 Å². The lowest BCUT2D eigenvalue weighted by atomic mass is 10.2. The van der Waals surface area contributed by atoms with Gasteiger partial charge in [-0.1, -0.05) is 0 Å². The number of amides is 1. The number of aromatic nitrogens is 3. The molecule has 142 valence electrons. The van der Waals surface area contributed by atoms with Crippen LogP contribution in [0.25, 0.3) is 0 Å². The molecule has 2 aromatic heterocycles. The Morgan fingerprint density at radius 2 is 1.64 bits per heavy atom. The van der Waals surface area contributed by atoms with Gasteiger partial charge in [-0.15, -0.1) is 0 Å². The van der Waals surface area contributed by atoms with E-state index in [1.807, 2.05) is 0 Å². The minimum atomic E-state index is -0.426. The Bertz CT molecular complexity index is 978. The van der Waals surface area contributed by atoms with E-state index in [1.54, 1.807) is 36.4 Å². The number of esters is 1. The molecule has 0 bridgehead atoms. The molecule has 0 aliphatic carbocycles. The zero-order valence-electron chi connectivity index (χ0n) is 14.8. The van der Waals surface area contributed by atoms with E-state index in [0.29, 0.717) is 22.6 Å². The van der Waals surface area contributed by atoms with Crippen LogP contribution in [0.1, 0.15) is 20.7 Å². The number of nitrogens with one attached hydrogen (secondary N) is 3. The highest BCUT2D eigenvalue weighted by Crippen LogP contribution is 2.25. The molecule has 0 atom stereocenters. The van der Waals surface area contributed by atoms with Gasteiger partial charge < -0.3 is 15.8 Å². The number of pyridine rings is 1. The maximum atomic E-state index is 12.1. The molecule has 0 unspecified atom stereocenters. The molecule has 0 saturated carbocycles. The second-order valence-corrected chi connectivity index (χ2v) is 5.49. The van der Waals surface area contributed by atoms with Gasteiger partial charge in [0.05, 0.1) is 12.7 Å². The first-order valence-electron chi connectivity index (χ1n) is 8.10. The van der Waals surface area contributed by atoms with Crippen molar-refractivity contribution in [3.05, 3.63) is 66.2 Å². The van der Waals surface area contributed by atoms with Crippen LogP contribution in [0.5, 0.6) is 0 Å². The minimum absolute atomic E-state index is 0.203. The fraction of sp³-hybridized carbons (Fsp3) is 0.0556. The van der Waals surface area contributed by atoms with Crippen LogP contribution in [0.4, 0.5) is 23.0 Å². The topological polar surface area (TPSA) is 144 Å². The number of ether oxygens (including phenoxy) is 1. The van der Waals surface area contributed by atoms with Gasteiger partial charge in [0.1, 0.15) is 12.0 Å². The Labute approximate surface area is 160 Å². The summed E-state index contributed by atoms with van der Waals surface area (Å²) in [6.07, 6.45) is 4.32. The Balaban J connectivity index is 1.69. The molecule has 0 aliphatic rings. The predicted octanol–water partition coefficient (Wildman–Crippen LogP) is 1.74. The normalized spacial score (nSPS) is 10.0. The number of carbonyl (C=O) groups is 2. The van der Waals surface area contributed by atoms with Gasteiger partial charge in [-0.05, 0) is 36.4 Å². The lowest BCUT2D eigenvalue weighted by Crippen LogP contribution is -2.30. The fourth-order valence-corrected chi connectivity index (χ4v) is 2.23. The molecular formula is C18H17N7O3. The molecule has 0 aliphatic heterocycles.